The smallest absolute Gasteiger partial charge is 0.255 e. The van der Waals surface area contributed by atoms with Gasteiger partial charge in [0.05, 0.1) is 13.7 Å². The lowest BCUT2D eigenvalue weighted by molar-refractivity contribution is 0.102. The lowest BCUT2D eigenvalue weighted by Gasteiger charge is -2.15. The molecule has 0 saturated carbocycles. The van der Waals surface area contributed by atoms with Gasteiger partial charge in [0, 0.05) is 22.9 Å². The highest BCUT2D eigenvalue weighted by atomic mass is 16.5. The molecule has 0 radical (unpaired) electrons. The molecule has 0 aliphatic carbocycles. The van der Waals surface area contributed by atoms with Crippen LogP contribution in [0.5, 0.6) is 17.2 Å². The third-order valence-electron chi connectivity index (χ3n) is 4.97. The van der Waals surface area contributed by atoms with Crippen molar-refractivity contribution in [3.05, 3.63) is 82.4 Å². The molecule has 0 aromatic heterocycles. The maximum atomic E-state index is 13.0. The van der Waals surface area contributed by atoms with Crippen molar-refractivity contribution in [1.29, 1.82) is 0 Å². The molecule has 0 bridgehead atoms. The maximum absolute atomic E-state index is 13.0. The van der Waals surface area contributed by atoms with Gasteiger partial charge in [0.2, 0.25) is 0 Å². The Bertz CT molecular complexity index is 1050. The Balaban J connectivity index is 1.82. The number of carbonyl (C=O) groups is 1. The number of carbonyl (C=O) groups excluding carboxylic acids is 1. The normalized spacial score (nSPS) is 10.5. The molecule has 31 heavy (non-hydrogen) atoms. The number of benzene rings is 3. The van der Waals surface area contributed by atoms with Crippen molar-refractivity contribution < 1.29 is 19.0 Å². The van der Waals surface area contributed by atoms with Crippen molar-refractivity contribution >= 4 is 11.6 Å². The quantitative estimate of drug-likeness (QED) is 0.498. The van der Waals surface area contributed by atoms with Crippen molar-refractivity contribution in [3.63, 3.8) is 0 Å². The summed E-state index contributed by atoms with van der Waals surface area (Å²) in [7, 11) is 1.62. The SMILES string of the molecule is CCOc1ccc(C(=O)Nc2c(C)cc(C)cc2C)cc1COc1cccc(OC)c1. The van der Waals surface area contributed by atoms with Gasteiger partial charge < -0.3 is 19.5 Å². The monoisotopic (exact) mass is 419 g/mol. The molecule has 0 saturated heterocycles. The fourth-order valence-corrected chi connectivity index (χ4v) is 3.54. The molecule has 0 unspecified atom stereocenters. The largest absolute Gasteiger partial charge is 0.497 e. The molecule has 5 heteroatoms. The van der Waals surface area contributed by atoms with Crippen LogP contribution in [0.4, 0.5) is 5.69 Å². The van der Waals surface area contributed by atoms with Crippen molar-refractivity contribution in [2.24, 2.45) is 0 Å². The molecule has 0 fully saturated rings. The minimum atomic E-state index is -0.166. The molecule has 3 rings (SSSR count). The van der Waals surface area contributed by atoms with Crippen LogP contribution >= 0.6 is 0 Å². The number of amides is 1. The van der Waals surface area contributed by atoms with Crippen molar-refractivity contribution in [2.45, 2.75) is 34.3 Å². The number of hydrogen-bond donors (Lipinski definition) is 1. The van der Waals surface area contributed by atoms with Crippen LogP contribution in [0.1, 0.15) is 39.5 Å². The van der Waals surface area contributed by atoms with E-state index in [1.54, 1.807) is 13.2 Å². The van der Waals surface area contributed by atoms with E-state index in [1.165, 1.54) is 5.56 Å². The molecule has 0 heterocycles. The maximum Gasteiger partial charge on any atom is 0.255 e. The second-order valence-electron chi connectivity index (χ2n) is 7.45. The first-order valence-corrected chi connectivity index (χ1v) is 10.3. The van der Waals surface area contributed by atoms with Crippen LogP contribution in [0.2, 0.25) is 0 Å². The Labute approximate surface area is 184 Å². The van der Waals surface area contributed by atoms with E-state index in [0.717, 1.165) is 28.1 Å². The van der Waals surface area contributed by atoms with E-state index in [0.29, 0.717) is 23.7 Å². The zero-order chi connectivity index (χ0) is 22.4. The minimum absolute atomic E-state index is 0.166. The predicted octanol–water partition coefficient (Wildman–Crippen LogP) is 5.85. The molecule has 1 N–H and O–H groups in total. The second kappa shape index (κ2) is 10.0. The van der Waals surface area contributed by atoms with Gasteiger partial charge in [-0.2, -0.15) is 0 Å². The summed E-state index contributed by atoms with van der Waals surface area (Å²) < 4.78 is 16.9. The summed E-state index contributed by atoms with van der Waals surface area (Å²) in [4.78, 5) is 13.0. The van der Waals surface area contributed by atoms with Crippen molar-refractivity contribution in [3.8, 4) is 17.2 Å². The number of ether oxygens (including phenoxy) is 3. The molecule has 5 nitrogen and oxygen atoms in total. The number of anilines is 1. The van der Waals surface area contributed by atoms with Crippen LogP contribution in [0.3, 0.4) is 0 Å². The fraction of sp³-hybridized carbons (Fsp3) is 0.269. The number of methoxy groups -OCH3 is 1. The van der Waals surface area contributed by atoms with Gasteiger partial charge >= 0.3 is 0 Å². The zero-order valence-corrected chi connectivity index (χ0v) is 18.7. The van der Waals surface area contributed by atoms with Crippen molar-refractivity contribution in [1.82, 2.24) is 0 Å². The fourth-order valence-electron chi connectivity index (χ4n) is 3.54. The van der Waals surface area contributed by atoms with Crippen LogP contribution in [0.15, 0.2) is 54.6 Å². The van der Waals surface area contributed by atoms with E-state index in [2.05, 4.69) is 17.4 Å². The average molecular weight is 420 g/mol. The lowest BCUT2D eigenvalue weighted by atomic mass is 10.0. The summed E-state index contributed by atoms with van der Waals surface area (Å²) in [5.74, 6) is 1.94. The van der Waals surface area contributed by atoms with Gasteiger partial charge in [0.25, 0.3) is 5.91 Å². The Morgan fingerprint density at radius 3 is 2.29 bits per heavy atom. The summed E-state index contributed by atoms with van der Waals surface area (Å²) in [6, 6.07) is 16.9. The molecule has 1 amide bonds. The average Bonchev–Trinajstić information content (AvgIpc) is 2.75. The van der Waals surface area contributed by atoms with E-state index < -0.39 is 0 Å². The van der Waals surface area contributed by atoms with Crippen LogP contribution in [-0.2, 0) is 6.61 Å². The van der Waals surface area contributed by atoms with Gasteiger partial charge in [0.15, 0.2) is 0 Å². The first-order valence-electron chi connectivity index (χ1n) is 10.3. The molecular formula is C26H29NO4. The molecule has 0 aliphatic rings. The minimum Gasteiger partial charge on any atom is -0.497 e. The predicted molar refractivity (Wildman–Crippen MR) is 124 cm³/mol. The topological polar surface area (TPSA) is 56.8 Å². The molecule has 3 aromatic rings. The summed E-state index contributed by atoms with van der Waals surface area (Å²) in [5.41, 5.74) is 5.45. The second-order valence-corrected chi connectivity index (χ2v) is 7.45. The Hall–Kier alpha value is -3.47. The van der Waals surface area contributed by atoms with E-state index in [9.17, 15) is 4.79 Å². The number of aryl methyl sites for hydroxylation is 3. The molecule has 3 aromatic carbocycles. The lowest BCUT2D eigenvalue weighted by Crippen LogP contribution is -2.15. The van der Waals surface area contributed by atoms with Gasteiger partial charge in [-0.3, -0.25) is 4.79 Å². The highest BCUT2D eigenvalue weighted by Gasteiger charge is 2.14. The Morgan fingerprint density at radius 2 is 1.61 bits per heavy atom. The third kappa shape index (κ3) is 5.57. The van der Waals surface area contributed by atoms with Gasteiger partial charge in [-0.25, -0.2) is 0 Å². The van der Waals surface area contributed by atoms with Gasteiger partial charge in [-0.15, -0.1) is 0 Å². The van der Waals surface area contributed by atoms with E-state index >= 15 is 0 Å². The number of hydrogen-bond acceptors (Lipinski definition) is 4. The standard InChI is InChI=1S/C26H29NO4/c1-6-30-24-11-10-20(26(28)27-25-18(3)12-17(2)13-19(25)4)14-21(24)16-31-23-9-7-8-22(15-23)29-5/h7-15H,6,16H2,1-5H3,(H,27,28). The number of nitrogens with one attached hydrogen (secondary N) is 1. The van der Waals surface area contributed by atoms with Crippen LogP contribution in [0, 0.1) is 20.8 Å². The summed E-state index contributed by atoms with van der Waals surface area (Å²) >= 11 is 0. The summed E-state index contributed by atoms with van der Waals surface area (Å²) in [5, 5.41) is 3.05. The van der Waals surface area contributed by atoms with Gasteiger partial charge in [0.1, 0.15) is 23.9 Å². The number of rotatable bonds is 8. The van der Waals surface area contributed by atoms with Gasteiger partial charge in [-0.05, 0) is 69.2 Å². The highest BCUT2D eigenvalue weighted by molar-refractivity contribution is 6.05. The van der Waals surface area contributed by atoms with Crippen LogP contribution < -0.4 is 19.5 Å². The molecule has 0 atom stereocenters. The highest BCUT2D eigenvalue weighted by Crippen LogP contribution is 2.26. The Kier molecular flexibility index (Phi) is 7.19. The van der Waals surface area contributed by atoms with Gasteiger partial charge in [-0.1, -0.05) is 23.8 Å². The van der Waals surface area contributed by atoms with E-state index in [4.69, 9.17) is 14.2 Å². The van der Waals surface area contributed by atoms with Crippen molar-refractivity contribution in [2.75, 3.05) is 19.0 Å². The summed E-state index contributed by atoms with van der Waals surface area (Å²) in [6.45, 7) is 8.77. The third-order valence-corrected chi connectivity index (χ3v) is 4.97. The first-order chi connectivity index (χ1) is 14.9. The molecule has 0 aliphatic heterocycles. The molecule has 0 spiro atoms. The molecule has 162 valence electrons. The van der Waals surface area contributed by atoms with E-state index in [1.807, 2.05) is 64.1 Å². The van der Waals surface area contributed by atoms with E-state index in [-0.39, 0.29) is 12.5 Å². The zero-order valence-electron chi connectivity index (χ0n) is 18.7. The van der Waals surface area contributed by atoms with Crippen LogP contribution in [0.25, 0.3) is 0 Å². The van der Waals surface area contributed by atoms with Crippen LogP contribution in [-0.4, -0.2) is 19.6 Å². The first kappa shape index (κ1) is 22.2. The summed E-state index contributed by atoms with van der Waals surface area (Å²) in [6.07, 6.45) is 0. The molecular weight excluding hydrogens is 390 g/mol. The Morgan fingerprint density at radius 1 is 0.903 bits per heavy atom.